The van der Waals surface area contributed by atoms with E-state index in [-0.39, 0.29) is 6.10 Å². The average Bonchev–Trinajstić information content (AvgIpc) is 3.27. The highest BCUT2D eigenvalue weighted by Gasteiger charge is 2.25. The third kappa shape index (κ3) is 4.48. The Labute approximate surface area is 144 Å². The largest absolute Gasteiger partial charge is 0.376 e. The Balaban J connectivity index is 1.45. The Kier molecular flexibility index (Phi) is 6.09. The van der Waals surface area contributed by atoms with E-state index in [1.54, 1.807) is 0 Å². The summed E-state index contributed by atoms with van der Waals surface area (Å²) in [5.74, 6) is 0.919. The van der Waals surface area contributed by atoms with E-state index < -0.39 is 0 Å². The standard InChI is InChI=1S/C17H29N5O2/c1-18-17(19-7-9-23-15-5-3-4-6-15)22-8-10-24-16(13-22)14-11-20-21(2)12-14/h11-12,15-16H,3-10,13H2,1-2H3,(H,18,19). The fraction of sp³-hybridized carbons (Fsp3) is 0.765. The first kappa shape index (κ1) is 17.2. The number of hydrogen-bond donors (Lipinski definition) is 1. The molecule has 0 spiro atoms. The summed E-state index contributed by atoms with van der Waals surface area (Å²) in [5.41, 5.74) is 1.11. The van der Waals surface area contributed by atoms with Gasteiger partial charge < -0.3 is 19.7 Å². The molecule has 0 radical (unpaired) electrons. The number of aryl methyl sites for hydroxylation is 1. The lowest BCUT2D eigenvalue weighted by Crippen LogP contribution is -2.48. The van der Waals surface area contributed by atoms with E-state index in [2.05, 4.69) is 20.3 Å². The predicted molar refractivity (Wildman–Crippen MR) is 93.0 cm³/mol. The van der Waals surface area contributed by atoms with Gasteiger partial charge in [0.1, 0.15) is 6.10 Å². The summed E-state index contributed by atoms with van der Waals surface area (Å²) in [6.45, 7) is 3.85. The fourth-order valence-corrected chi connectivity index (χ4v) is 3.43. The van der Waals surface area contributed by atoms with Crippen LogP contribution in [0.25, 0.3) is 0 Å². The summed E-state index contributed by atoms with van der Waals surface area (Å²) in [6, 6.07) is 0. The molecule has 2 fully saturated rings. The molecule has 1 aliphatic carbocycles. The minimum absolute atomic E-state index is 0.0424. The fourth-order valence-electron chi connectivity index (χ4n) is 3.43. The Morgan fingerprint density at radius 2 is 2.29 bits per heavy atom. The van der Waals surface area contributed by atoms with Gasteiger partial charge in [0, 0.05) is 38.9 Å². The highest BCUT2D eigenvalue weighted by molar-refractivity contribution is 5.80. The molecule has 1 atom stereocenters. The van der Waals surface area contributed by atoms with Crippen LogP contribution in [-0.4, -0.2) is 66.6 Å². The number of aromatic nitrogens is 2. The first-order valence-corrected chi connectivity index (χ1v) is 8.93. The van der Waals surface area contributed by atoms with E-state index in [9.17, 15) is 0 Å². The Morgan fingerprint density at radius 1 is 1.46 bits per heavy atom. The van der Waals surface area contributed by atoms with Crippen LogP contribution in [0, 0.1) is 0 Å². The van der Waals surface area contributed by atoms with Gasteiger partial charge in [-0.15, -0.1) is 0 Å². The summed E-state index contributed by atoms with van der Waals surface area (Å²) < 4.78 is 13.6. The van der Waals surface area contributed by atoms with Crippen molar-refractivity contribution in [2.24, 2.45) is 12.0 Å². The minimum Gasteiger partial charge on any atom is -0.376 e. The van der Waals surface area contributed by atoms with E-state index in [4.69, 9.17) is 9.47 Å². The van der Waals surface area contributed by atoms with Gasteiger partial charge in [0.15, 0.2) is 5.96 Å². The summed E-state index contributed by atoms with van der Waals surface area (Å²) in [4.78, 5) is 6.66. The molecule has 0 aromatic carbocycles. The average molecular weight is 335 g/mol. The zero-order valence-corrected chi connectivity index (χ0v) is 14.8. The van der Waals surface area contributed by atoms with Gasteiger partial charge in [-0.05, 0) is 12.8 Å². The van der Waals surface area contributed by atoms with Crippen LogP contribution < -0.4 is 5.32 Å². The van der Waals surface area contributed by atoms with Crippen LogP contribution in [0.15, 0.2) is 17.4 Å². The van der Waals surface area contributed by atoms with Crippen molar-refractivity contribution >= 4 is 5.96 Å². The van der Waals surface area contributed by atoms with Crippen molar-refractivity contribution in [3.05, 3.63) is 18.0 Å². The smallest absolute Gasteiger partial charge is 0.193 e. The zero-order chi connectivity index (χ0) is 16.8. The number of rotatable bonds is 5. The molecule has 1 aromatic rings. The molecule has 24 heavy (non-hydrogen) atoms. The van der Waals surface area contributed by atoms with Gasteiger partial charge in [-0.2, -0.15) is 5.10 Å². The second-order valence-corrected chi connectivity index (χ2v) is 6.50. The first-order chi connectivity index (χ1) is 11.8. The number of morpholine rings is 1. The normalized spacial score (nSPS) is 23.0. The lowest BCUT2D eigenvalue weighted by molar-refractivity contribution is -0.00828. The monoisotopic (exact) mass is 335 g/mol. The van der Waals surface area contributed by atoms with E-state index >= 15 is 0 Å². The lowest BCUT2D eigenvalue weighted by atomic mass is 10.1. The van der Waals surface area contributed by atoms with Gasteiger partial charge in [-0.25, -0.2) is 0 Å². The molecule has 1 aromatic heterocycles. The van der Waals surface area contributed by atoms with Crippen LogP contribution in [0.1, 0.15) is 37.4 Å². The second-order valence-electron chi connectivity index (χ2n) is 6.50. The van der Waals surface area contributed by atoms with Gasteiger partial charge in [0.05, 0.1) is 32.1 Å². The zero-order valence-electron chi connectivity index (χ0n) is 14.8. The first-order valence-electron chi connectivity index (χ1n) is 8.93. The third-order valence-electron chi connectivity index (χ3n) is 4.72. The number of aliphatic imine (C=N–C) groups is 1. The van der Waals surface area contributed by atoms with Crippen molar-refractivity contribution in [2.75, 3.05) is 39.9 Å². The van der Waals surface area contributed by atoms with Crippen molar-refractivity contribution in [1.82, 2.24) is 20.0 Å². The van der Waals surface area contributed by atoms with Crippen LogP contribution >= 0.6 is 0 Å². The number of ether oxygens (including phenoxy) is 2. The number of nitrogens with zero attached hydrogens (tertiary/aromatic N) is 4. The second kappa shape index (κ2) is 8.48. The van der Waals surface area contributed by atoms with Crippen molar-refractivity contribution in [2.45, 2.75) is 37.9 Å². The maximum absolute atomic E-state index is 5.91. The Hall–Kier alpha value is -1.60. The maximum Gasteiger partial charge on any atom is 0.193 e. The summed E-state index contributed by atoms with van der Waals surface area (Å²) in [6.07, 6.45) is 9.44. The van der Waals surface area contributed by atoms with Gasteiger partial charge in [-0.3, -0.25) is 9.67 Å². The molecule has 2 heterocycles. The summed E-state index contributed by atoms with van der Waals surface area (Å²) in [5, 5.41) is 7.65. The molecule has 1 aliphatic heterocycles. The molecule has 1 saturated heterocycles. The maximum atomic E-state index is 5.91. The molecule has 2 aliphatic rings. The van der Waals surface area contributed by atoms with E-state index in [0.717, 1.165) is 37.8 Å². The molecule has 134 valence electrons. The van der Waals surface area contributed by atoms with E-state index in [0.29, 0.717) is 12.7 Å². The highest BCUT2D eigenvalue weighted by atomic mass is 16.5. The van der Waals surface area contributed by atoms with Crippen molar-refractivity contribution in [3.63, 3.8) is 0 Å². The molecule has 0 amide bonds. The van der Waals surface area contributed by atoms with Crippen molar-refractivity contribution < 1.29 is 9.47 Å². The summed E-state index contributed by atoms with van der Waals surface area (Å²) >= 11 is 0. The number of nitrogens with one attached hydrogen (secondary N) is 1. The molecular formula is C17H29N5O2. The molecule has 0 bridgehead atoms. The number of guanidine groups is 1. The predicted octanol–water partition coefficient (Wildman–Crippen LogP) is 1.33. The van der Waals surface area contributed by atoms with E-state index in [1.165, 1.54) is 25.7 Å². The molecular weight excluding hydrogens is 306 g/mol. The van der Waals surface area contributed by atoms with Crippen LogP contribution in [0.3, 0.4) is 0 Å². The van der Waals surface area contributed by atoms with Gasteiger partial charge >= 0.3 is 0 Å². The van der Waals surface area contributed by atoms with Gasteiger partial charge in [0.2, 0.25) is 0 Å². The van der Waals surface area contributed by atoms with Crippen LogP contribution in [0.4, 0.5) is 0 Å². The highest BCUT2D eigenvalue weighted by Crippen LogP contribution is 2.22. The molecule has 3 rings (SSSR count). The summed E-state index contributed by atoms with van der Waals surface area (Å²) in [7, 11) is 3.75. The van der Waals surface area contributed by atoms with Crippen LogP contribution in [0.5, 0.6) is 0 Å². The van der Waals surface area contributed by atoms with Crippen molar-refractivity contribution in [1.29, 1.82) is 0 Å². The molecule has 1 N–H and O–H groups in total. The Bertz CT molecular complexity index is 539. The number of hydrogen-bond acceptors (Lipinski definition) is 4. The molecule has 1 saturated carbocycles. The topological polar surface area (TPSA) is 63.9 Å². The lowest BCUT2D eigenvalue weighted by Gasteiger charge is -2.34. The quantitative estimate of drug-likeness (QED) is 0.500. The molecule has 7 heteroatoms. The van der Waals surface area contributed by atoms with Gasteiger partial charge in [0.25, 0.3) is 0 Å². The third-order valence-corrected chi connectivity index (χ3v) is 4.72. The van der Waals surface area contributed by atoms with Crippen LogP contribution in [-0.2, 0) is 16.5 Å². The van der Waals surface area contributed by atoms with Gasteiger partial charge in [-0.1, -0.05) is 12.8 Å². The SMILES string of the molecule is CN=C(NCCOC1CCCC1)N1CCOC(c2cnn(C)c2)C1. The Morgan fingerprint density at radius 3 is 3.00 bits per heavy atom. The molecule has 7 nitrogen and oxygen atoms in total. The molecule has 1 unspecified atom stereocenters. The van der Waals surface area contributed by atoms with Crippen LogP contribution in [0.2, 0.25) is 0 Å². The van der Waals surface area contributed by atoms with Crippen molar-refractivity contribution in [3.8, 4) is 0 Å². The van der Waals surface area contributed by atoms with E-state index in [1.807, 2.05) is 31.2 Å². The minimum atomic E-state index is 0.0424.